The smallest absolute Gasteiger partial charge is 0.311 e. The maximum Gasteiger partial charge on any atom is 0.311 e. The van der Waals surface area contributed by atoms with E-state index in [-0.39, 0.29) is 29.0 Å². The quantitative estimate of drug-likeness (QED) is 0.800. The Labute approximate surface area is 149 Å². The number of carbonyl (C=O) groups is 2. The lowest BCUT2D eigenvalue weighted by atomic mass is 10.1. The monoisotopic (exact) mass is 361 g/mol. The van der Waals surface area contributed by atoms with E-state index < -0.39 is 17.9 Å². The number of nitrogens with one attached hydrogen (secondary N) is 1. The fourth-order valence-corrected chi connectivity index (χ4v) is 2.65. The van der Waals surface area contributed by atoms with Gasteiger partial charge in [-0.3, -0.25) is 9.59 Å². The Hall–Kier alpha value is -2.40. The molecule has 0 heterocycles. The van der Waals surface area contributed by atoms with Crippen LogP contribution in [0.25, 0.3) is 0 Å². The molecule has 0 aliphatic heterocycles. The lowest BCUT2D eigenvalue weighted by molar-refractivity contribution is -0.156. The van der Waals surface area contributed by atoms with Gasteiger partial charge in [0, 0.05) is 22.2 Å². The first kappa shape index (κ1) is 17.4. The van der Waals surface area contributed by atoms with Crippen LogP contribution in [-0.2, 0) is 20.7 Å². The average molecular weight is 362 g/mol. The summed E-state index contributed by atoms with van der Waals surface area (Å²) in [5, 5.41) is 2.98. The molecule has 4 nitrogen and oxygen atoms in total. The first-order valence-corrected chi connectivity index (χ1v) is 8.40. The lowest BCUT2D eigenvalue weighted by Crippen LogP contribution is -2.33. The molecule has 6 heteroatoms. The molecule has 1 atom stereocenters. The number of benzene rings is 2. The summed E-state index contributed by atoms with van der Waals surface area (Å²) in [5.41, 5.74) is 0.622. The van der Waals surface area contributed by atoms with Crippen molar-refractivity contribution in [2.45, 2.75) is 31.4 Å². The number of ether oxygens (including phenoxy) is 1. The molecule has 0 radical (unpaired) electrons. The van der Waals surface area contributed by atoms with Crippen LogP contribution >= 0.6 is 11.6 Å². The predicted octanol–water partition coefficient (Wildman–Crippen LogP) is 3.58. The van der Waals surface area contributed by atoms with E-state index in [1.165, 1.54) is 18.2 Å². The van der Waals surface area contributed by atoms with E-state index in [0.717, 1.165) is 12.8 Å². The van der Waals surface area contributed by atoms with Crippen molar-refractivity contribution in [3.8, 4) is 0 Å². The van der Waals surface area contributed by atoms with E-state index >= 15 is 0 Å². The largest absolute Gasteiger partial charge is 0.447 e. The molecule has 1 fully saturated rings. The second kappa shape index (κ2) is 7.66. The van der Waals surface area contributed by atoms with Gasteiger partial charge in [0.05, 0.1) is 6.42 Å². The fourth-order valence-electron chi connectivity index (χ4n) is 2.42. The molecule has 0 bridgehead atoms. The maximum atomic E-state index is 13.8. The summed E-state index contributed by atoms with van der Waals surface area (Å²) in [6.45, 7) is 0. The highest BCUT2D eigenvalue weighted by atomic mass is 35.5. The third-order valence-corrected chi connectivity index (χ3v) is 4.25. The highest BCUT2D eigenvalue weighted by molar-refractivity contribution is 6.31. The summed E-state index contributed by atoms with van der Waals surface area (Å²) in [6.07, 6.45) is 0.434. The number of rotatable bonds is 6. The van der Waals surface area contributed by atoms with Crippen LogP contribution in [0.3, 0.4) is 0 Å². The molecule has 0 saturated heterocycles. The van der Waals surface area contributed by atoms with Gasteiger partial charge in [-0.2, -0.15) is 0 Å². The van der Waals surface area contributed by atoms with Crippen LogP contribution in [0.2, 0.25) is 5.02 Å². The van der Waals surface area contributed by atoms with E-state index in [1.807, 2.05) is 0 Å². The van der Waals surface area contributed by atoms with Gasteiger partial charge in [0.15, 0.2) is 0 Å². The average Bonchev–Trinajstić information content (AvgIpc) is 3.41. The van der Waals surface area contributed by atoms with E-state index in [2.05, 4.69) is 5.32 Å². The van der Waals surface area contributed by atoms with Crippen molar-refractivity contribution >= 4 is 23.5 Å². The highest BCUT2D eigenvalue weighted by Gasteiger charge is 2.31. The zero-order valence-corrected chi connectivity index (χ0v) is 14.1. The van der Waals surface area contributed by atoms with Gasteiger partial charge in [0.25, 0.3) is 5.91 Å². The molecular formula is C19H17ClFNO3. The zero-order chi connectivity index (χ0) is 17.8. The summed E-state index contributed by atoms with van der Waals surface area (Å²) < 4.78 is 19.2. The van der Waals surface area contributed by atoms with Crippen LogP contribution in [-0.4, -0.2) is 17.9 Å². The Morgan fingerprint density at radius 2 is 1.88 bits per heavy atom. The molecule has 0 unspecified atom stereocenters. The van der Waals surface area contributed by atoms with Crippen LogP contribution in [0, 0.1) is 5.82 Å². The van der Waals surface area contributed by atoms with E-state index in [1.54, 1.807) is 30.3 Å². The highest BCUT2D eigenvalue weighted by Crippen LogP contribution is 2.25. The number of hydrogen-bond acceptors (Lipinski definition) is 3. The first-order valence-electron chi connectivity index (χ1n) is 8.02. The van der Waals surface area contributed by atoms with Crippen LogP contribution in [0.4, 0.5) is 4.39 Å². The Balaban J connectivity index is 1.75. The SMILES string of the molecule is O=C(Cc1c(F)cccc1Cl)O[C@@H](C(=O)NC1CC1)c1ccccc1. The molecule has 1 aliphatic rings. The Kier molecular flexibility index (Phi) is 5.34. The predicted molar refractivity (Wildman–Crippen MR) is 91.6 cm³/mol. The normalized spacial score (nSPS) is 14.6. The molecule has 3 rings (SSSR count). The zero-order valence-electron chi connectivity index (χ0n) is 13.4. The molecule has 1 aliphatic carbocycles. The van der Waals surface area contributed by atoms with Gasteiger partial charge in [-0.25, -0.2) is 4.39 Å². The van der Waals surface area contributed by atoms with Crippen molar-refractivity contribution in [1.82, 2.24) is 5.32 Å². The van der Waals surface area contributed by atoms with Crippen molar-refractivity contribution < 1.29 is 18.7 Å². The van der Waals surface area contributed by atoms with Gasteiger partial charge in [-0.15, -0.1) is 0 Å². The molecule has 130 valence electrons. The van der Waals surface area contributed by atoms with E-state index in [0.29, 0.717) is 5.56 Å². The number of halogens is 2. The Bertz CT molecular complexity index is 757. The molecule has 0 aromatic heterocycles. The molecule has 2 aromatic rings. The van der Waals surface area contributed by atoms with Crippen molar-refractivity contribution in [2.24, 2.45) is 0 Å². The minimum atomic E-state index is -1.07. The topological polar surface area (TPSA) is 55.4 Å². The summed E-state index contributed by atoms with van der Waals surface area (Å²) in [6, 6.07) is 13.1. The van der Waals surface area contributed by atoms with Crippen molar-refractivity contribution in [3.05, 3.63) is 70.5 Å². The minimum Gasteiger partial charge on any atom is -0.447 e. The van der Waals surface area contributed by atoms with E-state index in [9.17, 15) is 14.0 Å². The lowest BCUT2D eigenvalue weighted by Gasteiger charge is -2.18. The molecular weight excluding hydrogens is 345 g/mol. The van der Waals surface area contributed by atoms with Gasteiger partial charge in [0.1, 0.15) is 5.82 Å². The second-order valence-corrected chi connectivity index (χ2v) is 6.35. The summed E-state index contributed by atoms with van der Waals surface area (Å²) in [5.74, 6) is -1.67. The van der Waals surface area contributed by atoms with Crippen molar-refractivity contribution in [2.75, 3.05) is 0 Å². The first-order chi connectivity index (χ1) is 12.0. The van der Waals surface area contributed by atoms with Crippen LogP contribution in [0.15, 0.2) is 48.5 Å². The molecule has 25 heavy (non-hydrogen) atoms. The Morgan fingerprint density at radius 1 is 1.16 bits per heavy atom. The summed E-state index contributed by atoms with van der Waals surface area (Å²) in [4.78, 5) is 24.7. The van der Waals surface area contributed by atoms with Gasteiger partial charge >= 0.3 is 5.97 Å². The van der Waals surface area contributed by atoms with Crippen molar-refractivity contribution in [3.63, 3.8) is 0 Å². The van der Waals surface area contributed by atoms with Crippen LogP contribution in [0.1, 0.15) is 30.1 Å². The second-order valence-electron chi connectivity index (χ2n) is 5.94. The minimum absolute atomic E-state index is 0.0589. The molecule has 2 aromatic carbocycles. The van der Waals surface area contributed by atoms with Crippen LogP contribution < -0.4 is 5.32 Å². The number of esters is 1. The number of carbonyl (C=O) groups excluding carboxylic acids is 2. The van der Waals surface area contributed by atoms with Gasteiger partial charge in [-0.1, -0.05) is 48.0 Å². The maximum absolute atomic E-state index is 13.8. The summed E-state index contributed by atoms with van der Waals surface area (Å²) >= 11 is 5.94. The third-order valence-electron chi connectivity index (χ3n) is 3.90. The summed E-state index contributed by atoms with van der Waals surface area (Å²) in [7, 11) is 0. The fraction of sp³-hybridized carbons (Fsp3) is 0.263. The molecule has 1 saturated carbocycles. The van der Waals surface area contributed by atoms with E-state index in [4.69, 9.17) is 16.3 Å². The number of hydrogen-bond donors (Lipinski definition) is 1. The van der Waals surface area contributed by atoms with Gasteiger partial charge < -0.3 is 10.1 Å². The molecule has 1 N–H and O–H groups in total. The van der Waals surface area contributed by atoms with Gasteiger partial charge in [-0.05, 0) is 25.0 Å². The molecule has 0 spiro atoms. The van der Waals surface area contributed by atoms with Gasteiger partial charge in [0.2, 0.25) is 6.10 Å². The number of amides is 1. The molecule has 1 amide bonds. The van der Waals surface area contributed by atoms with Crippen LogP contribution in [0.5, 0.6) is 0 Å². The Morgan fingerprint density at radius 3 is 2.52 bits per heavy atom. The van der Waals surface area contributed by atoms with Crippen molar-refractivity contribution in [1.29, 1.82) is 0 Å². The standard InChI is InChI=1S/C19H17ClFNO3/c20-15-7-4-8-16(21)14(15)11-17(23)25-18(12-5-2-1-3-6-12)19(24)22-13-9-10-13/h1-8,13,18H,9-11H2,(H,22,24)/t18-/m1/s1. The third kappa shape index (κ3) is 4.57.